The lowest BCUT2D eigenvalue weighted by atomic mass is 9.97. The molecule has 2 fully saturated rings. The van der Waals surface area contributed by atoms with Crippen molar-refractivity contribution in [3.63, 3.8) is 0 Å². The van der Waals surface area contributed by atoms with Crippen LogP contribution in [0.15, 0.2) is 0 Å². The van der Waals surface area contributed by atoms with Crippen LogP contribution in [-0.4, -0.2) is 46.2 Å². The Kier molecular flexibility index (Phi) is 20.1. The number of rotatable bonds is 6. The minimum atomic E-state index is -1.37. The molecule has 0 radical (unpaired) electrons. The van der Waals surface area contributed by atoms with Crippen LogP contribution in [0.4, 0.5) is 0 Å². The molecule has 0 saturated heterocycles. The zero-order valence-electron chi connectivity index (χ0n) is 17.8. The summed E-state index contributed by atoms with van der Waals surface area (Å²) in [5.41, 5.74) is 8.00. The third-order valence-electron chi connectivity index (χ3n) is 4.54. The van der Waals surface area contributed by atoms with Gasteiger partial charge in [0, 0.05) is 11.9 Å². The van der Waals surface area contributed by atoms with Gasteiger partial charge in [-0.05, 0) is 64.2 Å². The first-order chi connectivity index (χ1) is 14.0. The Labute approximate surface area is 177 Å². The second kappa shape index (κ2) is 20.1. The number of carboxylic acids is 4. The lowest BCUT2D eigenvalue weighted by Gasteiger charge is -2.12. The van der Waals surface area contributed by atoms with Crippen LogP contribution in [-0.2, 0) is 19.2 Å². The summed E-state index contributed by atoms with van der Waals surface area (Å²) < 4.78 is 0. The van der Waals surface area contributed by atoms with E-state index >= 15 is 0 Å². The van der Waals surface area contributed by atoms with Crippen LogP contribution in [0.3, 0.4) is 0 Å². The summed E-state index contributed by atoms with van der Waals surface area (Å²) in [7, 11) is 0. The van der Waals surface area contributed by atoms with Gasteiger partial charge in [0.2, 0.25) is 0 Å². The maximum atomic E-state index is 9.64. The second-order valence-electron chi connectivity index (χ2n) is 7.54. The first-order valence-electron chi connectivity index (χ1n) is 10.5. The van der Waals surface area contributed by atoms with E-state index in [1.165, 1.54) is 64.2 Å². The molecule has 0 unspecified atom stereocenters. The van der Waals surface area contributed by atoms with Crippen LogP contribution in [0.5, 0.6) is 0 Å². The molecule has 10 nitrogen and oxygen atoms in total. The maximum Gasteiger partial charge on any atom is 0.303 e. The fourth-order valence-electron chi connectivity index (χ4n) is 2.79. The summed E-state index contributed by atoms with van der Waals surface area (Å²) in [5, 5.41) is 34.8. The van der Waals surface area contributed by atoms with Crippen LogP contribution in [0, 0.1) is 0 Å². The van der Waals surface area contributed by atoms with E-state index in [0.29, 0.717) is 0 Å². The fourth-order valence-corrected chi connectivity index (χ4v) is 2.79. The van der Waals surface area contributed by atoms with Gasteiger partial charge >= 0.3 is 11.9 Å². The Balaban J connectivity index is 0. The fraction of sp³-hybridized carbons (Fsp3) is 0.800. The largest absolute Gasteiger partial charge is 0.550 e. The van der Waals surface area contributed by atoms with Gasteiger partial charge in [0.05, 0.1) is 24.9 Å². The van der Waals surface area contributed by atoms with E-state index < -0.39 is 36.7 Å². The van der Waals surface area contributed by atoms with Crippen molar-refractivity contribution in [3.8, 4) is 0 Å². The molecule has 2 aliphatic carbocycles. The zero-order chi connectivity index (χ0) is 23.4. The van der Waals surface area contributed by atoms with E-state index in [2.05, 4.69) is 11.5 Å². The van der Waals surface area contributed by atoms with Crippen LogP contribution in [0.25, 0.3) is 0 Å². The number of hydrogen-bond donors (Lipinski definition) is 4. The molecule has 2 aliphatic rings. The van der Waals surface area contributed by atoms with Crippen molar-refractivity contribution in [3.05, 3.63) is 0 Å². The number of carbonyl (C=O) groups excluding carboxylic acids is 2. The van der Waals surface area contributed by atoms with Gasteiger partial charge in [-0.3, -0.25) is 9.59 Å². The topological polar surface area (TPSA) is 210 Å². The maximum absolute atomic E-state index is 9.64. The molecule has 0 aromatic heterocycles. The van der Waals surface area contributed by atoms with Gasteiger partial charge in [0.25, 0.3) is 0 Å². The first-order valence-corrected chi connectivity index (χ1v) is 10.5. The van der Waals surface area contributed by atoms with Crippen LogP contribution in [0.1, 0.15) is 89.9 Å². The molecule has 0 bridgehead atoms. The van der Waals surface area contributed by atoms with Crippen molar-refractivity contribution in [2.75, 3.05) is 0 Å². The first kappa shape index (κ1) is 30.0. The molecule has 2 saturated carbocycles. The number of carboxylic acid groups (broad SMARTS) is 4. The average molecular weight is 435 g/mol. The predicted molar refractivity (Wildman–Crippen MR) is 103 cm³/mol. The Morgan fingerprint density at radius 2 is 0.867 bits per heavy atom. The van der Waals surface area contributed by atoms with Gasteiger partial charge < -0.3 is 41.5 Å². The van der Waals surface area contributed by atoms with Crippen molar-refractivity contribution in [1.29, 1.82) is 0 Å². The molecule has 0 heterocycles. The smallest absolute Gasteiger partial charge is 0.303 e. The van der Waals surface area contributed by atoms with Crippen molar-refractivity contribution in [1.82, 2.24) is 0 Å². The highest BCUT2D eigenvalue weighted by molar-refractivity contribution is 5.75. The molecule has 176 valence electrons. The van der Waals surface area contributed by atoms with Gasteiger partial charge in [0.15, 0.2) is 0 Å². The van der Waals surface area contributed by atoms with Gasteiger partial charge in [-0.1, -0.05) is 12.8 Å². The third-order valence-corrected chi connectivity index (χ3v) is 4.54. The molecule has 0 amide bonds. The Morgan fingerprint density at radius 1 is 0.600 bits per heavy atom. The highest BCUT2D eigenvalue weighted by Crippen LogP contribution is 2.14. The number of quaternary nitrogens is 2. The lowest BCUT2D eigenvalue weighted by Crippen LogP contribution is -2.61. The molecule has 8 N–H and O–H groups in total. The normalized spacial score (nSPS) is 16.3. The minimum Gasteiger partial charge on any atom is -0.550 e. The summed E-state index contributed by atoms with van der Waals surface area (Å²) in [5.74, 6) is -4.89. The molecule has 0 aromatic carbocycles. The highest BCUT2D eigenvalue weighted by Gasteiger charge is 2.10. The van der Waals surface area contributed by atoms with Crippen LogP contribution in [0.2, 0.25) is 0 Å². The molecule has 2 rings (SSSR count). The van der Waals surface area contributed by atoms with Crippen molar-refractivity contribution in [2.45, 2.75) is 102 Å². The van der Waals surface area contributed by atoms with E-state index in [4.69, 9.17) is 10.2 Å². The summed E-state index contributed by atoms with van der Waals surface area (Å²) in [4.78, 5) is 38.3. The quantitative estimate of drug-likeness (QED) is 0.378. The molecule has 30 heavy (non-hydrogen) atoms. The molecule has 0 spiro atoms. The average Bonchev–Trinajstić information content (AvgIpc) is 2.67. The monoisotopic (exact) mass is 434 g/mol. The molecule has 0 atom stereocenters. The zero-order valence-corrected chi connectivity index (χ0v) is 17.8. The van der Waals surface area contributed by atoms with E-state index in [-0.39, 0.29) is 12.8 Å². The van der Waals surface area contributed by atoms with Gasteiger partial charge in [-0.25, -0.2) is 0 Å². The van der Waals surface area contributed by atoms with Crippen LogP contribution >= 0.6 is 0 Å². The summed E-state index contributed by atoms with van der Waals surface area (Å²) >= 11 is 0. The van der Waals surface area contributed by atoms with Gasteiger partial charge in [0.1, 0.15) is 0 Å². The molecular weight excluding hydrogens is 396 g/mol. The Morgan fingerprint density at radius 3 is 1.00 bits per heavy atom. The standard InChI is InChI=1S/2C6H13N.2C4H6O4/c2*7-6-4-2-1-3-5-6;2*5-3(6)1-2-4(7)8/h2*6H,1-5,7H2;2*1-2H2,(H,5,6)(H,7,8). The molecular formula is C20H38N2O8. The number of carbonyl (C=O) groups is 4. The Bertz CT molecular complexity index is 415. The predicted octanol–water partition coefficient (Wildman–Crippen LogP) is -1.68. The van der Waals surface area contributed by atoms with Gasteiger partial charge in [-0.2, -0.15) is 0 Å². The SMILES string of the molecule is O=C(O)CCC(=O)O.O=C([O-])CCC(=O)[O-].[NH3+]C1CCCCC1.[NH3+]C1CCCCC1. The van der Waals surface area contributed by atoms with Crippen molar-refractivity contribution < 1.29 is 51.1 Å². The van der Waals surface area contributed by atoms with Crippen molar-refractivity contribution in [2.24, 2.45) is 0 Å². The summed E-state index contributed by atoms with van der Waals surface area (Å²) in [6.07, 6.45) is 12.6. The van der Waals surface area contributed by atoms with E-state index in [1.807, 2.05) is 0 Å². The Hall–Kier alpha value is -2.20. The second-order valence-corrected chi connectivity index (χ2v) is 7.54. The van der Waals surface area contributed by atoms with Crippen LogP contribution < -0.4 is 21.7 Å². The minimum absolute atomic E-state index is 0.296. The van der Waals surface area contributed by atoms with Gasteiger partial charge in [-0.15, -0.1) is 0 Å². The van der Waals surface area contributed by atoms with E-state index in [9.17, 15) is 29.4 Å². The molecule has 0 aromatic rings. The van der Waals surface area contributed by atoms with Crippen molar-refractivity contribution >= 4 is 23.9 Å². The highest BCUT2D eigenvalue weighted by atomic mass is 16.4. The lowest BCUT2D eigenvalue weighted by molar-refractivity contribution is -0.425. The summed E-state index contributed by atoms with van der Waals surface area (Å²) in [6.45, 7) is 0. The third kappa shape index (κ3) is 28.0. The molecule has 0 aliphatic heterocycles. The molecule has 10 heteroatoms. The number of aliphatic carboxylic acids is 4. The van der Waals surface area contributed by atoms with E-state index in [1.54, 1.807) is 0 Å². The van der Waals surface area contributed by atoms with E-state index in [0.717, 1.165) is 12.1 Å². The summed E-state index contributed by atoms with van der Waals surface area (Å²) in [6, 6.07) is 1.57. The number of hydrogen-bond acceptors (Lipinski definition) is 6.